The van der Waals surface area contributed by atoms with Gasteiger partial charge in [0, 0.05) is 60.9 Å². The third kappa shape index (κ3) is 7.65. The number of likely N-dealkylation sites (tertiary alicyclic amines) is 2. The smallest absolute Gasteiger partial charge is 0.323 e. The van der Waals surface area contributed by atoms with Crippen LogP contribution in [-0.4, -0.2) is 56.1 Å². The van der Waals surface area contributed by atoms with Crippen LogP contribution in [0.15, 0.2) is 60.7 Å². The summed E-state index contributed by atoms with van der Waals surface area (Å²) in [5, 5.41) is 0. The van der Waals surface area contributed by atoms with Gasteiger partial charge in [-0.25, -0.2) is 0 Å². The van der Waals surface area contributed by atoms with Crippen LogP contribution in [0.5, 0.6) is 0 Å². The molecule has 6 heteroatoms. The van der Waals surface area contributed by atoms with Crippen molar-refractivity contribution in [2.45, 2.75) is 155 Å². The van der Waals surface area contributed by atoms with Crippen LogP contribution in [0.2, 0.25) is 0 Å². The van der Waals surface area contributed by atoms with Crippen molar-refractivity contribution in [3.63, 3.8) is 0 Å². The molecule has 0 atom stereocenters. The number of esters is 2. The lowest BCUT2D eigenvalue weighted by atomic mass is 9.76. The second-order valence-corrected chi connectivity index (χ2v) is 16.1. The van der Waals surface area contributed by atoms with Crippen LogP contribution in [0.25, 0.3) is 0 Å². The van der Waals surface area contributed by atoms with Gasteiger partial charge in [0.05, 0.1) is 0 Å². The monoisotopic (exact) mass is 618 g/mol. The Hall–Kier alpha value is -2.70. The molecule has 2 aliphatic heterocycles. The highest BCUT2D eigenvalue weighted by Gasteiger charge is 2.53. The number of ether oxygens (including phenoxy) is 2. The van der Waals surface area contributed by atoms with Crippen molar-refractivity contribution in [1.82, 2.24) is 9.80 Å². The van der Waals surface area contributed by atoms with Gasteiger partial charge in [-0.05, 0) is 79.4 Å². The fraction of sp³-hybridized carbons (Fsp3) is 0.641. The molecule has 2 fully saturated rings. The van der Waals surface area contributed by atoms with E-state index in [1.807, 2.05) is 26.0 Å². The highest BCUT2D eigenvalue weighted by atomic mass is 16.6. The fourth-order valence-corrected chi connectivity index (χ4v) is 8.45. The Labute approximate surface area is 272 Å². The Morgan fingerprint density at radius 1 is 0.600 bits per heavy atom. The maximum absolute atomic E-state index is 14.0. The zero-order valence-corrected chi connectivity index (χ0v) is 29.6. The maximum Gasteiger partial charge on any atom is 0.323 e. The maximum atomic E-state index is 14.0. The van der Waals surface area contributed by atoms with Crippen LogP contribution in [0.1, 0.15) is 119 Å². The molecule has 2 heterocycles. The zero-order chi connectivity index (χ0) is 33.3. The molecule has 0 unspecified atom stereocenters. The first-order valence-corrected chi connectivity index (χ1v) is 17.0. The van der Waals surface area contributed by atoms with E-state index in [1.165, 1.54) is 11.1 Å². The number of carbonyl (C=O) groups is 2. The van der Waals surface area contributed by atoms with Crippen molar-refractivity contribution in [2.75, 3.05) is 0 Å². The number of benzene rings is 2. The van der Waals surface area contributed by atoms with E-state index in [9.17, 15) is 9.59 Å². The molecule has 45 heavy (non-hydrogen) atoms. The highest BCUT2D eigenvalue weighted by molar-refractivity contribution is 6.00. The third-order valence-electron chi connectivity index (χ3n) is 10.7. The molecule has 6 nitrogen and oxygen atoms in total. The number of hydrogen-bond acceptors (Lipinski definition) is 6. The molecule has 0 bridgehead atoms. The first-order chi connectivity index (χ1) is 21.0. The number of rotatable bonds is 10. The normalized spacial score (nSPS) is 22.1. The number of carbonyl (C=O) groups excluding carboxylic acids is 2. The zero-order valence-electron chi connectivity index (χ0n) is 29.6. The number of hydrogen-bond donors (Lipinski definition) is 0. The molecule has 0 radical (unpaired) electrons. The van der Waals surface area contributed by atoms with E-state index in [4.69, 9.17) is 9.47 Å². The molecule has 4 rings (SSSR count). The molecule has 0 spiro atoms. The summed E-state index contributed by atoms with van der Waals surface area (Å²) in [6.45, 7) is 23.3. The van der Waals surface area contributed by atoms with Crippen molar-refractivity contribution >= 4 is 11.9 Å². The topological polar surface area (TPSA) is 59.1 Å². The Morgan fingerprint density at radius 3 is 1.16 bits per heavy atom. The minimum Gasteiger partial charge on any atom is -0.461 e. The van der Waals surface area contributed by atoms with E-state index in [1.54, 1.807) is 0 Å². The lowest BCUT2D eigenvalue weighted by Crippen LogP contribution is -2.62. The predicted molar refractivity (Wildman–Crippen MR) is 182 cm³/mol. The molecule has 2 aromatic carbocycles. The van der Waals surface area contributed by atoms with Crippen LogP contribution < -0.4 is 0 Å². The van der Waals surface area contributed by atoms with Gasteiger partial charge in [-0.3, -0.25) is 19.4 Å². The van der Waals surface area contributed by atoms with Crippen molar-refractivity contribution < 1.29 is 19.1 Å². The van der Waals surface area contributed by atoms with Gasteiger partial charge in [0.2, 0.25) is 0 Å². The summed E-state index contributed by atoms with van der Waals surface area (Å²) in [6.07, 6.45) is 2.95. The summed E-state index contributed by atoms with van der Waals surface area (Å²) in [7, 11) is 0. The van der Waals surface area contributed by atoms with Crippen molar-refractivity contribution in [1.29, 1.82) is 0 Å². The Bertz CT molecular complexity index is 1160. The molecule has 0 amide bonds. The van der Waals surface area contributed by atoms with Crippen molar-refractivity contribution in [2.24, 2.45) is 5.41 Å². The van der Waals surface area contributed by atoms with Crippen LogP contribution in [-0.2, 0) is 32.2 Å². The van der Waals surface area contributed by atoms with Gasteiger partial charge in [-0.2, -0.15) is 0 Å². The van der Waals surface area contributed by atoms with Gasteiger partial charge in [0.15, 0.2) is 5.41 Å². The van der Waals surface area contributed by atoms with E-state index in [0.717, 1.165) is 13.1 Å². The van der Waals surface area contributed by atoms with E-state index in [-0.39, 0.29) is 34.4 Å². The van der Waals surface area contributed by atoms with Gasteiger partial charge in [-0.1, -0.05) is 74.5 Å². The summed E-state index contributed by atoms with van der Waals surface area (Å²) in [5.74, 6) is -0.878. The molecule has 2 saturated heterocycles. The molecule has 0 aromatic heterocycles. The minimum atomic E-state index is -1.31. The average molecular weight is 619 g/mol. The quantitative estimate of drug-likeness (QED) is 0.197. The fourth-order valence-electron chi connectivity index (χ4n) is 8.45. The molecule has 248 valence electrons. The summed E-state index contributed by atoms with van der Waals surface area (Å²) in [6, 6.07) is 21.0. The molecule has 0 N–H and O–H groups in total. The first-order valence-electron chi connectivity index (χ1n) is 17.0. The van der Waals surface area contributed by atoms with E-state index in [0.29, 0.717) is 38.5 Å². The number of piperidine rings is 2. The first kappa shape index (κ1) is 35.2. The molecular formula is C39H58N2O4. The molecule has 2 aromatic rings. The Balaban J connectivity index is 1.46. The summed E-state index contributed by atoms with van der Waals surface area (Å²) >= 11 is 0. The van der Waals surface area contributed by atoms with Crippen molar-refractivity contribution in [3.8, 4) is 0 Å². The molecule has 0 saturated carbocycles. The minimum absolute atomic E-state index is 0.199. The van der Waals surface area contributed by atoms with Gasteiger partial charge in [0.1, 0.15) is 12.2 Å². The lowest BCUT2D eigenvalue weighted by Gasteiger charge is -2.55. The van der Waals surface area contributed by atoms with E-state index >= 15 is 0 Å². The summed E-state index contributed by atoms with van der Waals surface area (Å²) < 4.78 is 12.6. The summed E-state index contributed by atoms with van der Waals surface area (Å²) in [4.78, 5) is 33.1. The van der Waals surface area contributed by atoms with Gasteiger partial charge in [0.25, 0.3) is 0 Å². The molecule has 2 aliphatic rings. The van der Waals surface area contributed by atoms with Gasteiger partial charge >= 0.3 is 11.9 Å². The van der Waals surface area contributed by atoms with Crippen LogP contribution >= 0.6 is 0 Å². The molecule has 0 aliphatic carbocycles. The third-order valence-corrected chi connectivity index (χ3v) is 10.7. The Kier molecular flexibility index (Phi) is 10.3. The largest absolute Gasteiger partial charge is 0.461 e. The second-order valence-electron chi connectivity index (χ2n) is 16.1. The van der Waals surface area contributed by atoms with Crippen molar-refractivity contribution in [3.05, 3.63) is 71.8 Å². The summed E-state index contributed by atoms with van der Waals surface area (Å²) in [5.41, 5.74) is 0.425. The highest BCUT2D eigenvalue weighted by Crippen LogP contribution is 2.44. The van der Waals surface area contributed by atoms with E-state index < -0.39 is 17.4 Å². The lowest BCUT2D eigenvalue weighted by molar-refractivity contribution is -0.189. The Morgan fingerprint density at radius 2 is 0.889 bits per heavy atom. The van der Waals surface area contributed by atoms with Crippen LogP contribution in [0.3, 0.4) is 0 Å². The standard InChI is InChI=1S/C39H58N2O4/c1-11-39(12-2,33(42)44-31-23-35(3,4)40(36(5,6)24-31)27-29-19-15-13-16-20-29)34(43)45-32-25-37(7,8)41(38(9,10)26-32)28-30-21-17-14-18-22-30/h13-22,31-32H,11-12,23-28H2,1-10H3. The van der Waals surface area contributed by atoms with E-state index in [2.05, 4.69) is 114 Å². The van der Waals surface area contributed by atoms with Gasteiger partial charge in [-0.15, -0.1) is 0 Å². The predicted octanol–water partition coefficient (Wildman–Crippen LogP) is 8.32. The SMILES string of the molecule is CCC(CC)(C(=O)OC1CC(C)(C)N(Cc2ccccc2)C(C)(C)C1)C(=O)OC1CC(C)(C)N(Cc2ccccc2)C(C)(C)C1. The number of nitrogens with zero attached hydrogens (tertiary/aromatic N) is 2. The van der Waals surface area contributed by atoms with Gasteiger partial charge < -0.3 is 9.47 Å². The van der Waals surface area contributed by atoms with Crippen LogP contribution in [0.4, 0.5) is 0 Å². The second kappa shape index (κ2) is 13.2. The molecular weight excluding hydrogens is 560 g/mol. The average Bonchev–Trinajstić information content (AvgIpc) is 2.94. The van der Waals surface area contributed by atoms with Crippen LogP contribution in [0, 0.1) is 5.41 Å².